The van der Waals surface area contributed by atoms with E-state index in [1.54, 1.807) is 0 Å². The maximum absolute atomic E-state index is 13.0. The molecule has 3 heteroatoms. The molecule has 1 aromatic carbocycles. The predicted octanol–water partition coefficient (Wildman–Crippen LogP) is 2.91. The highest BCUT2D eigenvalue weighted by Crippen LogP contribution is 2.30. The number of carbonyl (C=O) groups is 1. The molecule has 2 aliphatic rings. The third-order valence-electron chi connectivity index (χ3n) is 5.27. The molecule has 2 saturated heterocycles. The van der Waals surface area contributed by atoms with Crippen LogP contribution in [0, 0.1) is 19.8 Å². The molecular weight excluding hydrogens is 260 g/mol. The van der Waals surface area contributed by atoms with E-state index in [0.717, 1.165) is 37.2 Å². The zero-order valence-corrected chi connectivity index (χ0v) is 13.2. The Hall–Kier alpha value is -1.35. The molecule has 1 N–H and O–H groups in total. The number of piperidine rings is 1. The minimum atomic E-state index is 0.240. The molecule has 0 spiro atoms. The van der Waals surface area contributed by atoms with Crippen LogP contribution in [0.5, 0.6) is 0 Å². The monoisotopic (exact) mass is 286 g/mol. The summed E-state index contributed by atoms with van der Waals surface area (Å²) >= 11 is 0. The third-order valence-corrected chi connectivity index (χ3v) is 5.27. The van der Waals surface area contributed by atoms with Crippen LogP contribution < -0.4 is 5.32 Å². The fourth-order valence-corrected chi connectivity index (χ4v) is 3.88. The maximum atomic E-state index is 13.0. The summed E-state index contributed by atoms with van der Waals surface area (Å²) in [7, 11) is 0. The van der Waals surface area contributed by atoms with Gasteiger partial charge in [0.1, 0.15) is 0 Å². The Balaban J connectivity index is 1.81. The van der Waals surface area contributed by atoms with E-state index in [0.29, 0.717) is 12.0 Å². The number of hydrogen-bond donors (Lipinski definition) is 1. The normalized spacial score (nSPS) is 26.1. The molecule has 2 unspecified atom stereocenters. The lowest BCUT2D eigenvalue weighted by atomic mass is 9.89. The molecule has 1 aromatic rings. The fraction of sp³-hybridized carbons (Fsp3) is 0.611. The highest BCUT2D eigenvalue weighted by atomic mass is 16.2. The van der Waals surface area contributed by atoms with Gasteiger partial charge in [-0.3, -0.25) is 4.79 Å². The number of nitrogens with zero attached hydrogens (tertiary/aromatic N) is 1. The van der Waals surface area contributed by atoms with Crippen molar-refractivity contribution in [1.82, 2.24) is 10.2 Å². The molecule has 2 aliphatic heterocycles. The number of aryl methyl sites for hydroxylation is 1. The van der Waals surface area contributed by atoms with Crippen molar-refractivity contribution in [3.05, 3.63) is 34.9 Å². The van der Waals surface area contributed by atoms with E-state index < -0.39 is 0 Å². The average Bonchev–Trinajstić information content (AvgIpc) is 3.00. The summed E-state index contributed by atoms with van der Waals surface area (Å²) in [5, 5.41) is 3.49. The Bertz CT molecular complexity index is 520. The molecule has 0 radical (unpaired) electrons. The van der Waals surface area contributed by atoms with Gasteiger partial charge >= 0.3 is 0 Å². The average molecular weight is 286 g/mol. The summed E-state index contributed by atoms with van der Waals surface area (Å²) in [5.41, 5.74) is 3.23. The van der Waals surface area contributed by atoms with Crippen LogP contribution in [0.4, 0.5) is 0 Å². The topological polar surface area (TPSA) is 32.3 Å². The van der Waals surface area contributed by atoms with Crippen LogP contribution in [0.15, 0.2) is 18.2 Å². The van der Waals surface area contributed by atoms with E-state index in [9.17, 15) is 4.79 Å². The first-order valence-corrected chi connectivity index (χ1v) is 8.26. The van der Waals surface area contributed by atoms with Crippen LogP contribution in [-0.4, -0.2) is 36.5 Å². The second kappa shape index (κ2) is 6.18. The van der Waals surface area contributed by atoms with Gasteiger partial charge in [-0.2, -0.15) is 0 Å². The highest BCUT2D eigenvalue weighted by Gasteiger charge is 2.35. The molecule has 2 heterocycles. The van der Waals surface area contributed by atoms with Gasteiger partial charge < -0.3 is 10.2 Å². The van der Waals surface area contributed by atoms with E-state index in [1.807, 2.05) is 12.1 Å². The van der Waals surface area contributed by atoms with Crippen molar-refractivity contribution < 1.29 is 4.79 Å². The summed E-state index contributed by atoms with van der Waals surface area (Å²) < 4.78 is 0. The molecule has 0 saturated carbocycles. The van der Waals surface area contributed by atoms with Crippen LogP contribution in [0.1, 0.15) is 47.2 Å². The lowest BCUT2D eigenvalue weighted by Crippen LogP contribution is -2.45. The number of benzene rings is 1. The van der Waals surface area contributed by atoms with Gasteiger partial charge in [-0.05, 0) is 75.7 Å². The molecule has 21 heavy (non-hydrogen) atoms. The van der Waals surface area contributed by atoms with E-state index in [2.05, 4.69) is 30.1 Å². The van der Waals surface area contributed by atoms with Gasteiger partial charge in [0.2, 0.25) is 0 Å². The molecule has 0 bridgehead atoms. The van der Waals surface area contributed by atoms with E-state index in [-0.39, 0.29) is 5.91 Å². The zero-order valence-electron chi connectivity index (χ0n) is 13.2. The van der Waals surface area contributed by atoms with Crippen molar-refractivity contribution in [2.24, 2.45) is 5.92 Å². The second-order valence-electron chi connectivity index (χ2n) is 6.56. The van der Waals surface area contributed by atoms with Gasteiger partial charge in [-0.25, -0.2) is 0 Å². The molecule has 3 rings (SSSR count). The number of amides is 1. The first-order valence-electron chi connectivity index (χ1n) is 8.26. The standard InChI is InChI=1S/C18H26N2O/c1-13-6-3-8-16(14(13)2)18(21)20-11-5-9-17(20)15-7-4-10-19-12-15/h3,6,8,15,17,19H,4-5,7,9-12H2,1-2H3. The van der Waals surface area contributed by atoms with Crippen molar-refractivity contribution in [3.63, 3.8) is 0 Å². The van der Waals surface area contributed by atoms with Crippen molar-refractivity contribution in [2.45, 2.75) is 45.6 Å². The smallest absolute Gasteiger partial charge is 0.254 e. The van der Waals surface area contributed by atoms with Crippen molar-refractivity contribution >= 4 is 5.91 Å². The van der Waals surface area contributed by atoms with Crippen LogP contribution in [0.25, 0.3) is 0 Å². The first kappa shape index (κ1) is 14.6. The Morgan fingerprint density at radius 2 is 2.10 bits per heavy atom. The maximum Gasteiger partial charge on any atom is 0.254 e. The second-order valence-corrected chi connectivity index (χ2v) is 6.56. The summed E-state index contributed by atoms with van der Waals surface area (Å²) in [6.45, 7) is 7.28. The SMILES string of the molecule is Cc1cccc(C(=O)N2CCCC2C2CCCNC2)c1C. The molecule has 0 aromatic heterocycles. The first-order chi connectivity index (χ1) is 10.2. The van der Waals surface area contributed by atoms with E-state index in [1.165, 1.54) is 24.8 Å². The zero-order chi connectivity index (χ0) is 14.8. The largest absolute Gasteiger partial charge is 0.335 e. The summed E-state index contributed by atoms with van der Waals surface area (Å²) in [6.07, 6.45) is 4.82. The lowest BCUT2D eigenvalue weighted by molar-refractivity contribution is 0.0670. The minimum Gasteiger partial charge on any atom is -0.335 e. The van der Waals surface area contributed by atoms with Gasteiger partial charge in [-0.15, -0.1) is 0 Å². The number of rotatable bonds is 2. The lowest BCUT2D eigenvalue weighted by Gasteiger charge is -2.34. The van der Waals surface area contributed by atoms with Crippen LogP contribution >= 0.6 is 0 Å². The van der Waals surface area contributed by atoms with Crippen LogP contribution in [0.2, 0.25) is 0 Å². The predicted molar refractivity (Wildman–Crippen MR) is 85.6 cm³/mol. The minimum absolute atomic E-state index is 0.240. The molecule has 3 nitrogen and oxygen atoms in total. The molecule has 2 atom stereocenters. The van der Waals surface area contributed by atoms with Crippen molar-refractivity contribution in [1.29, 1.82) is 0 Å². The quantitative estimate of drug-likeness (QED) is 0.906. The van der Waals surface area contributed by atoms with Gasteiger partial charge in [-0.1, -0.05) is 12.1 Å². The van der Waals surface area contributed by atoms with Gasteiger partial charge in [0.15, 0.2) is 0 Å². The molecular formula is C18H26N2O. The van der Waals surface area contributed by atoms with Gasteiger partial charge in [0.25, 0.3) is 5.91 Å². The molecule has 0 aliphatic carbocycles. The highest BCUT2D eigenvalue weighted by molar-refractivity contribution is 5.96. The number of nitrogens with one attached hydrogen (secondary N) is 1. The number of hydrogen-bond acceptors (Lipinski definition) is 2. The Morgan fingerprint density at radius 1 is 1.24 bits per heavy atom. The number of carbonyl (C=O) groups excluding carboxylic acids is 1. The van der Waals surface area contributed by atoms with Gasteiger partial charge in [0.05, 0.1) is 0 Å². The van der Waals surface area contributed by atoms with E-state index >= 15 is 0 Å². The molecule has 114 valence electrons. The van der Waals surface area contributed by atoms with Crippen LogP contribution in [-0.2, 0) is 0 Å². The molecule has 2 fully saturated rings. The third kappa shape index (κ3) is 2.84. The van der Waals surface area contributed by atoms with E-state index in [4.69, 9.17) is 0 Å². The van der Waals surface area contributed by atoms with Crippen LogP contribution in [0.3, 0.4) is 0 Å². The summed E-state index contributed by atoms with van der Waals surface area (Å²) in [4.78, 5) is 15.1. The Kier molecular flexibility index (Phi) is 4.29. The van der Waals surface area contributed by atoms with Crippen molar-refractivity contribution in [2.75, 3.05) is 19.6 Å². The Morgan fingerprint density at radius 3 is 2.86 bits per heavy atom. The van der Waals surface area contributed by atoms with Gasteiger partial charge in [0, 0.05) is 18.2 Å². The summed E-state index contributed by atoms with van der Waals surface area (Å²) in [5.74, 6) is 0.875. The Labute approximate surface area is 127 Å². The molecule has 1 amide bonds. The number of likely N-dealkylation sites (tertiary alicyclic amines) is 1. The van der Waals surface area contributed by atoms with Crippen molar-refractivity contribution in [3.8, 4) is 0 Å². The summed E-state index contributed by atoms with van der Waals surface area (Å²) in [6, 6.07) is 6.51. The fourth-order valence-electron chi connectivity index (χ4n) is 3.88.